The van der Waals surface area contributed by atoms with Gasteiger partial charge in [0.15, 0.2) is 17.4 Å². The van der Waals surface area contributed by atoms with Gasteiger partial charge in [-0.3, -0.25) is 4.79 Å². The van der Waals surface area contributed by atoms with Gasteiger partial charge in [0.25, 0.3) is 0 Å². The third-order valence-corrected chi connectivity index (χ3v) is 4.08. The maximum Gasteiger partial charge on any atom is 0.310 e. The second kappa shape index (κ2) is 8.11. The van der Waals surface area contributed by atoms with Crippen molar-refractivity contribution < 1.29 is 29.2 Å². The average Bonchev–Trinajstić information content (AvgIpc) is 2.61. The number of rotatable bonds is 7. The molecule has 0 saturated heterocycles. The molecule has 1 aliphatic rings. The first-order valence-electron chi connectivity index (χ1n) is 8.27. The fraction of sp³-hybridized carbons (Fsp3) is 0.500. The molecule has 0 saturated carbocycles. The number of carbonyl (C=O) groups is 1. The van der Waals surface area contributed by atoms with Gasteiger partial charge in [0.1, 0.15) is 6.10 Å². The van der Waals surface area contributed by atoms with E-state index < -0.39 is 12.1 Å². The predicted octanol–water partition coefficient (Wildman–Crippen LogP) is 2.69. The smallest absolute Gasteiger partial charge is 0.310 e. The van der Waals surface area contributed by atoms with Crippen molar-refractivity contribution in [3.8, 4) is 11.5 Å². The van der Waals surface area contributed by atoms with Crippen molar-refractivity contribution in [1.29, 1.82) is 0 Å². The lowest BCUT2D eigenvalue weighted by molar-refractivity contribution is -0.142. The highest BCUT2D eigenvalue weighted by atomic mass is 16.5. The topological polar surface area (TPSA) is 88.5 Å². The van der Waals surface area contributed by atoms with Gasteiger partial charge in [0, 0.05) is 23.7 Å². The summed E-state index contributed by atoms with van der Waals surface area (Å²) in [6.45, 7) is 4.44. The first-order chi connectivity index (χ1) is 12.0. The highest BCUT2D eigenvalue weighted by molar-refractivity contribution is 5.76. The molecular formula is C18H25NO6. The fourth-order valence-corrected chi connectivity index (χ4v) is 2.93. The summed E-state index contributed by atoms with van der Waals surface area (Å²) in [5.41, 5.74) is 1.38. The summed E-state index contributed by atoms with van der Waals surface area (Å²) < 4.78 is 15.6. The first kappa shape index (κ1) is 18.9. The molecule has 7 heteroatoms. The van der Waals surface area contributed by atoms with Crippen LogP contribution in [-0.4, -0.2) is 43.6 Å². The van der Waals surface area contributed by atoms with E-state index in [1.165, 1.54) is 14.2 Å². The van der Waals surface area contributed by atoms with Crippen molar-refractivity contribution in [3.63, 3.8) is 0 Å². The van der Waals surface area contributed by atoms with Crippen LogP contribution in [0.5, 0.6) is 11.5 Å². The van der Waals surface area contributed by atoms with Crippen molar-refractivity contribution in [3.05, 3.63) is 29.2 Å². The summed E-state index contributed by atoms with van der Waals surface area (Å²) in [5, 5.41) is 21.4. The van der Waals surface area contributed by atoms with Crippen LogP contribution in [-0.2, 0) is 9.53 Å². The molecule has 0 radical (unpaired) electrons. The van der Waals surface area contributed by atoms with Crippen molar-refractivity contribution in [2.24, 2.45) is 0 Å². The summed E-state index contributed by atoms with van der Waals surface area (Å²) in [6.07, 6.45) is -0.553. The summed E-state index contributed by atoms with van der Waals surface area (Å²) in [4.78, 5) is 13.5. The van der Waals surface area contributed by atoms with Gasteiger partial charge < -0.3 is 29.3 Å². The van der Waals surface area contributed by atoms with Crippen molar-refractivity contribution in [2.75, 3.05) is 32.3 Å². The van der Waals surface area contributed by atoms with Gasteiger partial charge in [0.2, 0.25) is 0 Å². The van der Waals surface area contributed by atoms with Gasteiger partial charge in [-0.2, -0.15) is 0 Å². The van der Waals surface area contributed by atoms with E-state index in [0.29, 0.717) is 29.3 Å². The number of aliphatic hydroxyl groups excluding tert-OH is 2. The summed E-state index contributed by atoms with van der Waals surface area (Å²) in [7, 11) is 3.03. The predicted molar refractivity (Wildman–Crippen MR) is 93.0 cm³/mol. The van der Waals surface area contributed by atoms with Gasteiger partial charge in [0.05, 0.1) is 32.9 Å². The number of nitrogens with zero attached hydrogens (tertiary/aromatic N) is 1. The van der Waals surface area contributed by atoms with E-state index in [1.54, 1.807) is 24.0 Å². The number of hydrogen-bond acceptors (Lipinski definition) is 7. The van der Waals surface area contributed by atoms with Gasteiger partial charge >= 0.3 is 5.97 Å². The zero-order chi connectivity index (χ0) is 18.6. The Morgan fingerprint density at radius 3 is 2.40 bits per heavy atom. The molecule has 0 amide bonds. The molecule has 138 valence electrons. The van der Waals surface area contributed by atoms with E-state index in [2.05, 4.69) is 0 Å². The Kier molecular flexibility index (Phi) is 6.14. The normalized spacial score (nSPS) is 16.5. The Bertz CT molecular complexity index is 670. The molecule has 1 unspecified atom stereocenters. The largest absolute Gasteiger partial charge is 0.494 e. The average molecular weight is 351 g/mol. The fourth-order valence-electron chi connectivity index (χ4n) is 2.93. The Labute approximate surface area is 147 Å². The molecule has 1 aromatic rings. The minimum atomic E-state index is -1.13. The van der Waals surface area contributed by atoms with Crippen LogP contribution >= 0.6 is 0 Å². The van der Waals surface area contributed by atoms with Crippen LogP contribution in [0.3, 0.4) is 0 Å². The highest BCUT2D eigenvalue weighted by Gasteiger charge is 2.34. The van der Waals surface area contributed by atoms with Crippen molar-refractivity contribution in [1.82, 2.24) is 0 Å². The number of aliphatic hydroxyl groups is 2. The van der Waals surface area contributed by atoms with Gasteiger partial charge in [-0.25, -0.2) is 0 Å². The molecule has 0 aromatic heterocycles. The van der Waals surface area contributed by atoms with Crippen LogP contribution in [0.1, 0.15) is 38.4 Å². The Morgan fingerprint density at radius 1 is 1.20 bits per heavy atom. The molecule has 0 aliphatic carbocycles. The number of fused-ring (bicyclic) bond motifs is 1. The maximum atomic E-state index is 11.9. The maximum absolute atomic E-state index is 11.9. The number of methoxy groups -OCH3 is 2. The minimum absolute atomic E-state index is 0.123. The molecule has 0 spiro atoms. The molecule has 0 bridgehead atoms. The lowest BCUT2D eigenvalue weighted by atomic mass is 9.92. The third kappa shape index (κ3) is 3.66. The van der Waals surface area contributed by atoms with E-state index in [-0.39, 0.29) is 24.5 Å². The summed E-state index contributed by atoms with van der Waals surface area (Å²) in [5.74, 6) is 0.343. The number of ether oxygens (including phenoxy) is 3. The second-order valence-electron chi connectivity index (χ2n) is 5.65. The number of carbonyl (C=O) groups excluding carboxylic acids is 1. The Balaban J connectivity index is 2.53. The number of hydrogen-bond donors (Lipinski definition) is 2. The molecule has 2 rings (SSSR count). The standard InChI is InChI=1S/C18H25NO6/c1-5-7-19-13-10-15(24-4)14(23-3)8-11(13)17(21)12(18(19)22)9-16(20)25-6-2/h8,10,17,21-22H,5-7,9H2,1-4H3. The van der Waals surface area contributed by atoms with E-state index in [4.69, 9.17) is 14.2 Å². The zero-order valence-electron chi connectivity index (χ0n) is 15.0. The lowest BCUT2D eigenvalue weighted by Crippen LogP contribution is -2.32. The SMILES string of the molecule is CCCN1C(O)=C(CC(=O)OCC)C(O)c2cc(OC)c(OC)cc21. The van der Waals surface area contributed by atoms with Gasteiger partial charge in [-0.05, 0) is 19.4 Å². The quantitative estimate of drug-likeness (QED) is 0.730. The molecular weight excluding hydrogens is 326 g/mol. The number of esters is 1. The van der Waals surface area contributed by atoms with E-state index in [1.807, 2.05) is 6.92 Å². The summed E-state index contributed by atoms with van der Waals surface area (Å²) in [6, 6.07) is 3.38. The monoisotopic (exact) mass is 351 g/mol. The van der Waals surface area contributed by atoms with Crippen LogP contribution in [0.25, 0.3) is 0 Å². The van der Waals surface area contributed by atoms with Gasteiger partial charge in [-0.1, -0.05) is 6.92 Å². The lowest BCUT2D eigenvalue weighted by Gasteiger charge is -2.35. The van der Waals surface area contributed by atoms with Crippen LogP contribution in [0.2, 0.25) is 0 Å². The van der Waals surface area contributed by atoms with Crippen LogP contribution in [0, 0.1) is 0 Å². The molecule has 0 fully saturated rings. The first-order valence-corrected chi connectivity index (χ1v) is 8.27. The molecule has 7 nitrogen and oxygen atoms in total. The molecule has 1 aromatic carbocycles. The molecule has 2 N–H and O–H groups in total. The van der Waals surface area contributed by atoms with Crippen molar-refractivity contribution in [2.45, 2.75) is 32.8 Å². The van der Waals surface area contributed by atoms with Gasteiger partial charge in [-0.15, -0.1) is 0 Å². The molecule has 1 heterocycles. The number of anilines is 1. The Hall–Kier alpha value is -2.41. The minimum Gasteiger partial charge on any atom is -0.494 e. The molecule has 1 aliphatic heterocycles. The molecule has 25 heavy (non-hydrogen) atoms. The van der Waals surface area contributed by atoms with Crippen molar-refractivity contribution >= 4 is 11.7 Å². The third-order valence-electron chi connectivity index (χ3n) is 4.08. The zero-order valence-corrected chi connectivity index (χ0v) is 15.0. The summed E-state index contributed by atoms with van der Waals surface area (Å²) >= 11 is 0. The van der Waals surface area contributed by atoms with E-state index in [9.17, 15) is 15.0 Å². The van der Waals surface area contributed by atoms with Crippen LogP contribution in [0.4, 0.5) is 5.69 Å². The molecule has 1 atom stereocenters. The Morgan fingerprint density at radius 2 is 1.84 bits per heavy atom. The highest BCUT2D eigenvalue weighted by Crippen LogP contribution is 2.45. The van der Waals surface area contributed by atoms with E-state index in [0.717, 1.165) is 6.42 Å². The van der Waals surface area contributed by atoms with E-state index >= 15 is 0 Å². The number of benzene rings is 1. The second-order valence-corrected chi connectivity index (χ2v) is 5.65. The van der Waals surface area contributed by atoms with Crippen LogP contribution < -0.4 is 14.4 Å². The van der Waals surface area contributed by atoms with Crippen LogP contribution in [0.15, 0.2) is 23.6 Å².